The molecule has 0 aliphatic carbocycles. The van der Waals surface area contributed by atoms with Crippen LogP contribution in [0, 0.1) is 0 Å². The molecule has 5 nitrogen and oxygen atoms in total. The van der Waals surface area contributed by atoms with Crippen molar-refractivity contribution in [2.45, 2.75) is 12.8 Å². The number of carbonyl (C=O) groups excluding carboxylic acids is 2. The average Bonchev–Trinajstić information content (AvgIpc) is 3.03. The largest absolute Gasteiger partial charge is 0.347 e. The highest BCUT2D eigenvalue weighted by Gasteiger charge is 2.09. The summed E-state index contributed by atoms with van der Waals surface area (Å²) in [6, 6.07) is 15.2. The van der Waals surface area contributed by atoms with Gasteiger partial charge in [0.05, 0.1) is 21.8 Å². The van der Waals surface area contributed by atoms with Crippen molar-refractivity contribution in [3.8, 4) is 0 Å². The van der Waals surface area contributed by atoms with Crippen LogP contribution >= 0.6 is 27.3 Å². The number of anilines is 1. The topological polar surface area (TPSA) is 71.1 Å². The van der Waals surface area contributed by atoms with Crippen molar-refractivity contribution in [1.82, 2.24) is 10.3 Å². The first-order valence-corrected chi connectivity index (χ1v) is 9.38. The van der Waals surface area contributed by atoms with Gasteiger partial charge >= 0.3 is 0 Å². The SMILES string of the molecule is O=C(CCc1nc2ccccc2s1)NCC(=O)Nc1ccc(Br)cc1. The first kappa shape index (κ1) is 17.6. The maximum Gasteiger partial charge on any atom is 0.243 e. The summed E-state index contributed by atoms with van der Waals surface area (Å²) in [6.07, 6.45) is 0.880. The summed E-state index contributed by atoms with van der Waals surface area (Å²) in [7, 11) is 0. The molecule has 1 aromatic heterocycles. The molecule has 0 saturated heterocycles. The second-order valence-electron chi connectivity index (χ2n) is 5.41. The van der Waals surface area contributed by atoms with E-state index in [1.54, 1.807) is 23.5 Å². The number of rotatable bonds is 6. The van der Waals surface area contributed by atoms with E-state index in [1.807, 2.05) is 36.4 Å². The number of fused-ring (bicyclic) bond motifs is 1. The number of nitrogens with one attached hydrogen (secondary N) is 2. The Hall–Kier alpha value is -2.25. The number of halogens is 1. The Morgan fingerprint density at radius 2 is 1.80 bits per heavy atom. The first-order valence-electron chi connectivity index (χ1n) is 7.77. The fraction of sp³-hybridized carbons (Fsp3) is 0.167. The van der Waals surface area contributed by atoms with Crippen molar-refractivity contribution >= 4 is 55.0 Å². The molecule has 3 aromatic rings. The Labute approximate surface area is 157 Å². The summed E-state index contributed by atoms with van der Waals surface area (Å²) >= 11 is 4.93. The minimum absolute atomic E-state index is 0.0469. The van der Waals surface area contributed by atoms with Gasteiger partial charge in [0.1, 0.15) is 0 Å². The third kappa shape index (κ3) is 5.11. The van der Waals surface area contributed by atoms with Crippen LogP contribution in [0.25, 0.3) is 10.2 Å². The fourth-order valence-electron chi connectivity index (χ4n) is 2.25. The van der Waals surface area contributed by atoms with Crippen LogP contribution in [-0.4, -0.2) is 23.3 Å². The van der Waals surface area contributed by atoms with Gasteiger partial charge in [-0.2, -0.15) is 0 Å². The highest BCUT2D eigenvalue weighted by molar-refractivity contribution is 9.10. The van der Waals surface area contributed by atoms with Crippen molar-refractivity contribution in [3.05, 3.63) is 58.0 Å². The summed E-state index contributed by atoms with van der Waals surface area (Å²) in [5.41, 5.74) is 1.65. The van der Waals surface area contributed by atoms with E-state index >= 15 is 0 Å². The first-order chi connectivity index (χ1) is 12.1. The van der Waals surface area contributed by atoms with E-state index in [2.05, 4.69) is 31.5 Å². The van der Waals surface area contributed by atoms with Crippen molar-refractivity contribution in [3.63, 3.8) is 0 Å². The number of nitrogens with zero attached hydrogens (tertiary/aromatic N) is 1. The Kier molecular flexibility index (Phi) is 5.78. The molecule has 0 radical (unpaired) electrons. The summed E-state index contributed by atoms with van der Waals surface area (Å²) < 4.78 is 2.06. The van der Waals surface area contributed by atoms with E-state index in [1.165, 1.54) is 0 Å². The third-order valence-corrected chi connectivity index (χ3v) is 5.10. The van der Waals surface area contributed by atoms with Crippen LogP contribution in [0.4, 0.5) is 5.69 Å². The monoisotopic (exact) mass is 417 g/mol. The highest BCUT2D eigenvalue weighted by Crippen LogP contribution is 2.22. The number of benzene rings is 2. The van der Waals surface area contributed by atoms with Gasteiger partial charge in [-0.3, -0.25) is 9.59 Å². The fourth-order valence-corrected chi connectivity index (χ4v) is 3.48. The molecule has 7 heteroatoms. The molecule has 128 valence electrons. The summed E-state index contributed by atoms with van der Waals surface area (Å²) in [5.74, 6) is -0.416. The molecular weight excluding hydrogens is 402 g/mol. The van der Waals surface area contributed by atoms with Crippen LogP contribution in [0.2, 0.25) is 0 Å². The standard InChI is InChI=1S/C18H16BrN3O2S/c19-12-5-7-13(8-6-12)21-17(24)11-20-16(23)9-10-18-22-14-3-1-2-4-15(14)25-18/h1-8H,9-11H2,(H,20,23)(H,21,24). The number of aromatic nitrogens is 1. The van der Waals surface area contributed by atoms with E-state index < -0.39 is 0 Å². The van der Waals surface area contributed by atoms with Gasteiger partial charge in [-0.25, -0.2) is 4.98 Å². The summed E-state index contributed by atoms with van der Waals surface area (Å²) in [6.45, 7) is -0.0469. The summed E-state index contributed by atoms with van der Waals surface area (Å²) in [4.78, 5) is 28.3. The molecule has 0 atom stereocenters. The number of aryl methyl sites for hydroxylation is 1. The van der Waals surface area contributed by atoms with Crippen LogP contribution in [-0.2, 0) is 16.0 Å². The molecule has 0 spiro atoms. The molecule has 0 fully saturated rings. The number of hydrogen-bond donors (Lipinski definition) is 2. The highest BCUT2D eigenvalue weighted by atomic mass is 79.9. The Morgan fingerprint density at radius 1 is 1.04 bits per heavy atom. The lowest BCUT2D eigenvalue weighted by atomic mass is 10.3. The zero-order valence-electron chi connectivity index (χ0n) is 13.3. The van der Waals surface area contributed by atoms with Crippen molar-refractivity contribution in [2.75, 3.05) is 11.9 Å². The smallest absolute Gasteiger partial charge is 0.243 e. The number of para-hydroxylation sites is 1. The van der Waals surface area contributed by atoms with Crippen LogP contribution < -0.4 is 10.6 Å². The van der Waals surface area contributed by atoms with Crippen molar-refractivity contribution in [1.29, 1.82) is 0 Å². The lowest BCUT2D eigenvalue weighted by Gasteiger charge is -2.06. The van der Waals surface area contributed by atoms with E-state index in [4.69, 9.17) is 0 Å². The molecular formula is C18H16BrN3O2S. The maximum atomic E-state index is 11.9. The Bertz CT molecular complexity index is 860. The van der Waals surface area contributed by atoms with Gasteiger partial charge in [0.25, 0.3) is 0 Å². The van der Waals surface area contributed by atoms with Gasteiger partial charge in [-0.15, -0.1) is 11.3 Å². The molecule has 1 heterocycles. The summed E-state index contributed by atoms with van der Waals surface area (Å²) in [5, 5.41) is 6.29. The van der Waals surface area contributed by atoms with Crippen molar-refractivity contribution in [2.24, 2.45) is 0 Å². The number of amides is 2. The van der Waals surface area contributed by atoms with Gasteiger partial charge < -0.3 is 10.6 Å². The van der Waals surface area contributed by atoms with Crippen LogP contribution in [0.1, 0.15) is 11.4 Å². The quantitative estimate of drug-likeness (QED) is 0.641. The van der Waals surface area contributed by atoms with E-state index in [0.717, 1.165) is 19.7 Å². The Balaban J connectivity index is 1.43. The van der Waals surface area contributed by atoms with E-state index in [0.29, 0.717) is 18.5 Å². The van der Waals surface area contributed by atoms with Crippen LogP contribution in [0.3, 0.4) is 0 Å². The molecule has 0 unspecified atom stereocenters. The zero-order valence-corrected chi connectivity index (χ0v) is 15.7. The molecule has 0 aliphatic rings. The third-order valence-electron chi connectivity index (χ3n) is 3.48. The molecule has 2 aromatic carbocycles. The maximum absolute atomic E-state index is 11.9. The lowest BCUT2D eigenvalue weighted by molar-refractivity contribution is -0.124. The van der Waals surface area contributed by atoms with Crippen LogP contribution in [0.5, 0.6) is 0 Å². The minimum atomic E-state index is -0.254. The molecule has 2 amide bonds. The van der Waals surface area contributed by atoms with E-state index in [-0.39, 0.29) is 18.4 Å². The van der Waals surface area contributed by atoms with Gasteiger partial charge in [-0.05, 0) is 36.4 Å². The molecule has 2 N–H and O–H groups in total. The van der Waals surface area contributed by atoms with Gasteiger partial charge in [0, 0.05) is 23.0 Å². The van der Waals surface area contributed by atoms with E-state index in [9.17, 15) is 9.59 Å². The predicted molar refractivity (Wildman–Crippen MR) is 104 cm³/mol. The molecule has 0 aliphatic heterocycles. The number of hydrogen-bond acceptors (Lipinski definition) is 4. The number of thiazole rings is 1. The minimum Gasteiger partial charge on any atom is -0.347 e. The number of carbonyl (C=O) groups is 2. The zero-order chi connectivity index (χ0) is 17.6. The van der Waals surface area contributed by atoms with Gasteiger partial charge in [0.2, 0.25) is 11.8 Å². The second kappa shape index (κ2) is 8.22. The predicted octanol–water partition coefficient (Wildman–Crippen LogP) is 3.75. The second-order valence-corrected chi connectivity index (χ2v) is 7.44. The van der Waals surface area contributed by atoms with Gasteiger partial charge in [0.15, 0.2) is 0 Å². The normalized spacial score (nSPS) is 10.6. The van der Waals surface area contributed by atoms with Crippen LogP contribution in [0.15, 0.2) is 53.0 Å². The molecule has 25 heavy (non-hydrogen) atoms. The van der Waals surface area contributed by atoms with Gasteiger partial charge in [-0.1, -0.05) is 28.1 Å². The van der Waals surface area contributed by atoms with Crippen molar-refractivity contribution < 1.29 is 9.59 Å². The lowest BCUT2D eigenvalue weighted by Crippen LogP contribution is -2.32. The molecule has 0 saturated carbocycles. The average molecular weight is 418 g/mol. The Morgan fingerprint density at radius 3 is 2.56 bits per heavy atom. The molecule has 3 rings (SSSR count). The molecule has 0 bridgehead atoms.